The number of likely N-dealkylation sites (tertiary alicyclic amines) is 1. The third-order valence-corrected chi connectivity index (χ3v) is 8.67. The maximum absolute atomic E-state index is 13.6. The molecule has 1 atom stereocenters. The summed E-state index contributed by atoms with van der Waals surface area (Å²) in [6.07, 6.45) is 5.48. The van der Waals surface area contributed by atoms with Gasteiger partial charge in [0.15, 0.2) is 0 Å². The van der Waals surface area contributed by atoms with Gasteiger partial charge >= 0.3 is 6.03 Å². The molecule has 5 heterocycles. The third kappa shape index (κ3) is 3.80. The highest BCUT2D eigenvalue weighted by Crippen LogP contribution is 2.44. The van der Waals surface area contributed by atoms with Gasteiger partial charge in [-0.1, -0.05) is 48.5 Å². The summed E-state index contributed by atoms with van der Waals surface area (Å²) in [6, 6.07) is 22.9. The van der Waals surface area contributed by atoms with Gasteiger partial charge in [-0.25, -0.2) is 4.79 Å². The van der Waals surface area contributed by atoms with E-state index < -0.39 is 0 Å². The lowest BCUT2D eigenvalue weighted by Crippen LogP contribution is -2.53. The van der Waals surface area contributed by atoms with Crippen LogP contribution in [0.5, 0.6) is 0 Å². The number of nitrogens with zero attached hydrogens (tertiary/aromatic N) is 4. The molecule has 37 heavy (non-hydrogen) atoms. The number of ether oxygens (including phenoxy) is 1. The number of hydrogen-bond acceptors (Lipinski definition) is 4. The predicted octanol–water partition coefficient (Wildman–Crippen LogP) is 4.86. The molecular weight excluding hydrogens is 462 g/mol. The van der Waals surface area contributed by atoms with Crippen molar-refractivity contribution in [3.05, 3.63) is 84.2 Å². The molecule has 1 N–H and O–H groups in total. The fourth-order valence-corrected chi connectivity index (χ4v) is 6.52. The molecule has 2 saturated heterocycles. The highest BCUT2D eigenvalue weighted by Gasteiger charge is 2.48. The number of hydrogen-bond donors (Lipinski definition) is 1. The monoisotopic (exact) mass is 493 g/mol. The van der Waals surface area contributed by atoms with Crippen LogP contribution in [0.15, 0.2) is 72.9 Å². The molecule has 3 aliphatic rings. The lowest BCUT2D eigenvalue weighted by Gasteiger charge is -2.39. The summed E-state index contributed by atoms with van der Waals surface area (Å²) >= 11 is 0. The second-order valence-corrected chi connectivity index (χ2v) is 10.7. The van der Waals surface area contributed by atoms with E-state index >= 15 is 0 Å². The van der Waals surface area contributed by atoms with Crippen molar-refractivity contribution in [2.45, 2.75) is 43.2 Å². The van der Waals surface area contributed by atoms with Crippen molar-refractivity contribution in [1.82, 2.24) is 25.0 Å². The van der Waals surface area contributed by atoms with E-state index in [0.717, 1.165) is 73.0 Å². The summed E-state index contributed by atoms with van der Waals surface area (Å²) in [5.74, 6) is 0. The quantitative estimate of drug-likeness (QED) is 0.442. The molecule has 188 valence electrons. The van der Waals surface area contributed by atoms with Gasteiger partial charge in [0.1, 0.15) is 0 Å². The Labute approximate surface area is 216 Å². The van der Waals surface area contributed by atoms with Gasteiger partial charge < -0.3 is 15.0 Å². The molecule has 7 rings (SSSR count). The van der Waals surface area contributed by atoms with Gasteiger partial charge in [-0.3, -0.25) is 9.67 Å². The van der Waals surface area contributed by atoms with E-state index in [1.807, 2.05) is 47.5 Å². The summed E-state index contributed by atoms with van der Waals surface area (Å²) in [5.41, 5.74) is 4.98. The summed E-state index contributed by atoms with van der Waals surface area (Å²) in [7, 11) is 0. The lowest BCUT2D eigenvalue weighted by atomic mass is 9.82. The van der Waals surface area contributed by atoms with Crippen LogP contribution in [0.1, 0.15) is 36.9 Å². The van der Waals surface area contributed by atoms with Gasteiger partial charge in [-0.2, -0.15) is 5.10 Å². The van der Waals surface area contributed by atoms with Gasteiger partial charge in [-0.15, -0.1) is 0 Å². The molecule has 0 saturated carbocycles. The zero-order valence-corrected chi connectivity index (χ0v) is 20.9. The van der Waals surface area contributed by atoms with Crippen LogP contribution in [0, 0.1) is 0 Å². The summed E-state index contributed by atoms with van der Waals surface area (Å²) in [5, 5.41) is 9.51. The molecule has 3 aliphatic heterocycles. The second kappa shape index (κ2) is 8.70. The van der Waals surface area contributed by atoms with Crippen LogP contribution in [0.3, 0.4) is 0 Å². The molecule has 1 spiro atoms. The summed E-state index contributed by atoms with van der Waals surface area (Å²) in [6.45, 7) is 3.68. The van der Waals surface area contributed by atoms with Crippen LogP contribution in [0.25, 0.3) is 22.2 Å². The van der Waals surface area contributed by atoms with Crippen LogP contribution in [0.4, 0.5) is 4.79 Å². The fraction of sp³-hybridized carbons (Fsp3) is 0.367. The summed E-state index contributed by atoms with van der Waals surface area (Å²) < 4.78 is 7.80. The molecule has 0 bridgehead atoms. The van der Waals surface area contributed by atoms with Gasteiger partial charge in [0.2, 0.25) is 0 Å². The van der Waals surface area contributed by atoms with Crippen molar-refractivity contribution in [3.63, 3.8) is 0 Å². The minimum Gasteiger partial charge on any atom is -0.381 e. The largest absolute Gasteiger partial charge is 0.381 e. The van der Waals surface area contributed by atoms with Crippen molar-refractivity contribution < 1.29 is 9.53 Å². The third-order valence-electron chi connectivity index (χ3n) is 8.67. The van der Waals surface area contributed by atoms with Crippen LogP contribution >= 0.6 is 0 Å². The Morgan fingerprint density at radius 3 is 2.57 bits per heavy atom. The minimum atomic E-state index is -0.375. The second-order valence-electron chi connectivity index (χ2n) is 10.7. The first-order chi connectivity index (χ1) is 18.1. The molecule has 2 aromatic heterocycles. The van der Waals surface area contributed by atoms with E-state index in [1.54, 1.807) is 0 Å². The Hall–Kier alpha value is -3.71. The number of nitrogens with one attached hydrogen (secondary N) is 1. The zero-order chi connectivity index (χ0) is 24.9. The smallest absolute Gasteiger partial charge is 0.318 e. The topological polar surface area (TPSA) is 72.3 Å². The Morgan fingerprint density at radius 2 is 1.70 bits per heavy atom. The molecule has 1 unspecified atom stereocenters. The highest BCUT2D eigenvalue weighted by atomic mass is 16.5. The number of aromatic nitrogens is 3. The van der Waals surface area contributed by atoms with E-state index in [4.69, 9.17) is 9.84 Å². The van der Waals surface area contributed by atoms with Gasteiger partial charge in [0.25, 0.3) is 0 Å². The Balaban J connectivity index is 1.12. The zero-order valence-electron chi connectivity index (χ0n) is 20.9. The van der Waals surface area contributed by atoms with Gasteiger partial charge in [-0.05, 0) is 49.4 Å². The number of carbonyl (C=O) groups excluding carboxylic acids is 1. The maximum Gasteiger partial charge on any atom is 0.318 e. The van der Waals surface area contributed by atoms with Crippen LogP contribution in [-0.4, -0.2) is 52.0 Å². The molecule has 7 nitrogen and oxygen atoms in total. The van der Waals surface area contributed by atoms with Crippen molar-refractivity contribution in [2.24, 2.45) is 0 Å². The number of carbonyl (C=O) groups is 1. The number of para-hydroxylation sites is 1. The van der Waals surface area contributed by atoms with Crippen molar-refractivity contribution in [2.75, 3.05) is 26.3 Å². The van der Waals surface area contributed by atoms with E-state index in [0.29, 0.717) is 13.2 Å². The molecule has 2 amide bonds. The van der Waals surface area contributed by atoms with Gasteiger partial charge in [0, 0.05) is 61.1 Å². The molecule has 2 fully saturated rings. The number of urea groups is 1. The van der Waals surface area contributed by atoms with E-state index in [9.17, 15) is 4.79 Å². The average Bonchev–Trinajstić information content (AvgIpc) is 3.66. The molecular formula is C30H31N5O2. The number of amides is 2. The predicted molar refractivity (Wildman–Crippen MR) is 142 cm³/mol. The SMILES string of the molecule is O=C(NC1(c2ccccc2)CCOCC1)N1CCC2(CCn3nc(-c4cnc5ccccc5c4)cc32)C1. The highest BCUT2D eigenvalue weighted by molar-refractivity contribution is 5.83. The number of fused-ring (bicyclic) bond motifs is 3. The number of aryl methyl sites for hydroxylation is 1. The standard InChI is InChI=1S/C30H31N5O2/c36-28(32-30(12-16-37-17-13-30)24-7-2-1-3-8-24)34-14-10-29(21-34)11-15-35-27(29)19-26(33-35)23-18-22-6-4-5-9-25(22)31-20-23/h1-9,18-20H,10-17,21H2,(H,32,36). The van der Waals surface area contributed by atoms with Crippen molar-refractivity contribution >= 4 is 16.9 Å². The Kier molecular flexibility index (Phi) is 5.29. The molecule has 2 aromatic carbocycles. The summed E-state index contributed by atoms with van der Waals surface area (Å²) in [4.78, 5) is 20.3. The minimum absolute atomic E-state index is 0.0274. The first-order valence-electron chi connectivity index (χ1n) is 13.3. The Bertz CT molecular complexity index is 1460. The fourth-order valence-electron chi connectivity index (χ4n) is 6.52. The van der Waals surface area contributed by atoms with E-state index in [1.165, 1.54) is 5.69 Å². The first kappa shape index (κ1) is 22.5. The lowest BCUT2D eigenvalue weighted by molar-refractivity contribution is 0.0388. The first-order valence-corrected chi connectivity index (χ1v) is 13.3. The molecule has 7 heteroatoms. The van der Waals surface area contributed by atoms with E-state index in [2.05, 4.69) is 45.3 Å². The average molecular weight is 494 g/mol. The molecule has 0 radical (unpaired) electrons. The van der Waals surface area contributed by atoms with E-state index in [-0.39, 0.29) is 17.0 Å². The molecule has 0 aliphatic carbocycles. The van der Waals surface area contributed by atoms with Crippen LogP contribution in [0.2, 0.25) is 0 Å². The normalized spacial score (nSPS) is 22.4. The maximum atomic E-state index is 13.6. The number of pyridine rings is 1. The van der Waals surface area contributed by atoms with Crippen LogP contribution in [-0.2, 0) is 22.2 Å². The number of rotatable bonds is 3. The number of benzene rings is 2. The van der Waals surface area contributed by atoms with Crippen LogP contribution < -0.4 is 5.32 Å². The molecule has 4 aromatic rings. The van der Waals surface area contributed by atoms with Gasteiger partial charge in [0.05, 0.1) is 16.7 Å². The Morgan fingerprint density at radius 1 is 0.919 bits per heavy atom. The van der Waals surface area contributed by atoms with Crippen molar-refractivity contribution in [3.8, 4) is 11.3 Å². The van der Waals surface area contributed by atoms with Crippen molar-refractivity contribution in [1.29, 1.82) is 0 Å².